The lowest BCUT2D eigenvalue weighted by Gasteiger charge is -2.41. The standard InChI is InChI=1S/C37H45N7O5/c1-42-21-29(28-20-38-41-35(28)37(42)47)25-18-32(48-2)30(33(19-25)49-3)22-43-14-10-23(11-15-43)24-12-16-44(17-13-24)27-6-4-26(5-7-27)39-31-8-9-34(45)40-36(31)46/h4-7,18-21,23-24,31,39H,8-17,22H2,1-3H3,(H,38,41)(H,40,45,46). The molecule has 12 heteroatoms. The van der Waals surface area contributed by atoms with Gasteiger partial charge in [0.05, 0.1) is 26.0 Å². The second kappa shape index (κ2) is 13.9. The highest BCUT2D eigenvalue weighted by molar-refractivity contribution is 6.01. The second-order valence-corrected chi connectivity index (χ2v) is 13.6. The molecule has 0 saturated carbocycles. The SMILES string of the molecule is COc1cc(-c2cn(C)c(=O)c3[nH]ncc23)cc(OC)c1CN1CCC(C2CCN(c3ccc(NC4CCC(=O)NC4=O)cc3)CC2)CC1. The van der Waals surface area contributed by atoms with E-state index in [1.165, 1.54) is 31.4 Å². The van der Waals surface area contributed by atoms with Crippen LogP contribution in [0.2, 0.25) is 0 Å². The minimum absolute atomic E-state index is 0.117. The number of methoxy groups -OCH3 is 2. The fourth-order valence-corrected chi connectivity index (χ4v) is 7.91. The van der Waals surface area contributed by atoms with Crippen molar-refractivity contribution in [3.05, 3.63) is 64.7 Å². The van der Waals surface area contributed by atoms with E-state index in [1.807, 2.05) is 30.5 Å². The third kappa shape index (κ3) is 6.74. The Bertz CT molecular complexity index is 1860. The number of pyridine rings is 1. The van der Waals surface area contributed by atoms with Gasteiger partial charge >= 0.3 is 0 Å². The van der Waals surface area contributed by atoms with Crippen molar-refractivity contribution in [3.63, 3.8) is 0 Å². The van der Waals surface area contributed by atoms with Gasteiger partial charge in [-0.1, -0.05) is 0 Å². The van der Waals surface area contributed by atoms with E-state index >= 15 is 0 Å². The van der Waals surface area contributed by atoms with Crippen LogP contribution in [0.15, 0.2) is 53.6 Å². The van der Waals surface area contributed by atoms with E-state index in [0.29, 0.717) is 18.4 Å². The van der Waals surface area contributed by atoms with E-state index < -0.39 is 0 Å². The van der Waals surface area contributed by atoms with Gasteiger partial charge in [0.1, 0.15) is 23.1 Å². The molecule has 49 heavy (non-hydrogen) atoms. The maximum atomic E-state index is 12.6. The molecule has 3 aliphatic heterocycles. The minimum Gasteiger partial charge on any atom is -0.496 e. The Kier molecular flexibility index (Phi) is 9.31. The number of amides is 2. The van der Waals surface area contributed by atoms with E-state index in [-0.39, 0.29) is 23.4 Å². The Labute approximate surface area is 285 Å². The number of hydrogen-bond acceptors (Lipinski definition) is 9. The number of benzene rings is 2. The van der Waals surface area contributed by atoms with Crippen LogP contribution in [-0.4, -0.2) is 77.9 Å². The first-order valence-corrected chi connectivity index (χ1v) is 17.3. The summed E-state index contributed by atoms with van der Waals surface area (Å²) in [6, 6.07) is 12.0. The number of carbonyl (C=O) groups excluding carboxylic acids is 2. The van der Waals surface area contributed by atoms with Gasteiger partial charge < -0.3 is 24.3 Å². The quantitative estimate of drug-likeness (QED) is 0.224. The van der Waals surface area contributed by atoms with Crippen molar-refractivity contribution in [1.82, 2.24) is 25.0 Å². The molecule has 0 radical (unpaired) electrons. The molecule has 3 saturated heterocycles. The van der Waals surface area contributed by atoms with Crippen LogP contribution >= 0.6 is 0 Å². The van der Waals surface area contributed by atoms with E-state index in [1.54, 1.807) is 32.0 Å². The van der Waals surface area contributed by atoms with Gasteiger partial charge in [0, 0.05) is 61.6 Å². The van der Waals surface area contributed by atoms with E-state index in [4.69, 9.17) is 9.47 Å². The zero-order chi connectivity index (χ0) is 34.1. The topological polar surface area (TPSA) is 134 Å². The number of piperidine rings is 3. The highest BCUT2D eigenvalue weighted by atomic mass is 16.5. The first-order chi connectivity index (χ1) is 23.8. The third-order valence-corrected chi connectivity index (χ3v) is 10.7. The number of hydrogen-bond donors (Lipinski definition) is 3. The molecule has 2 aromatic carbocycles. The summed E-state index contributed by atoms with van der Waals surface area (Å²) in [7, 11) is 5.14. The summed E-state index contributed by atoms with van der Waals surface area (Å²) in [5.41, 5.74) is 5.29. The minimum atomic E-state index is -0.372. The van der Waals surface area contributed by atoms with Crippen LogP contribution in [0, 0.1) is 11.8 Å². The summed E-state index contributed by atoms with van der Waals surface area (Å²) >= 11 is 0. The Morgan fingerprint density at radius 3 is 2.18 bits per heavy atom. The van der Waals surface area contributed by atoms with Crippen LogP contribution in [0.3, 0.4) is 0 Å². The molecule has 2 amide bonds. The number of rotatable bonds is 9. The van der Waals surface area contributed by atoms with Gasteiger partial charge in [-0.25, -0.2) is 0 Å². The lowest BCUT2D eigenvalue weighted by Crippen LogP contribution is -2.47. The first kappa shape index (κ1) is 32.7. The molecule has 3 aliphatic rings. The van der Waals surface area contributed by atoms with Gasteiger partial charge in [-0.05, 0) is 99.0 Å². The average Bonchev–Trinajstić information content (AvgIpc) is 3.62. The number of carbonyl (C=O) groups is 2. The van der Waals surface area contributed by atoms with Crippen LogP contribution in [0.25, 0.3) is 22.0 Å². The number of ether oxygens (including phenoxy) is 2. The Hall–Kier alpha value is -4.84. The highest BCUT2D eigenvalue weighted by Crippen LogP contribution is 2.39. The number of imide groups is 1. The summed E-state index contributed by atoms with van der Waals surface area (Å²) in [6.45, 7) is 4.92. The van der Waals surface area contributed by atoms with Crippen molar-refractivity contribution in [3.8, 4) is 22.6 Å². The Balaban J connectivity index is 0.937. The lowest BCUT2D eigenvalue weighted by molar-refractivity contribution is -0.133. The summed E-state index contributed by atoms with van der Waals surface area (Å²) in [5.74, 6) is 2.55. The molecule has 5 heterocycles. The van der Waals surface area contributed by atoms with Crippen LogP contribution in [0.1, 0.15) is 44.1 Å². The number of fused-ring (bicyclic) bond motifs is 1. The molecule has 0 spiro atoms. The smallest absolute Gasteiger partial charge is 0.276 e. The summed E-state index contributed by atoms with van der Waals surface area (Å²) in [4.78, 5) is 41.1. The second-order valence-electron chi connectivity index (χ2n) is 13.6. The fraction of sp³-hybridized carbons (Fsp3) is 0.459. The number of likely N-dealkylation sites (tertiary alicyclic amines) is 1. The largest absolute Gasteiger partial charge is 0.496 e. The predicted octanol–water partition coefficient (Wildman–Crippen LogP) is 4.29. The number of anilines is 2. The molecular formula is C37H45N7O5. The molecule has 1 unspecified atom stereocenters. The maximum absolute atomic E-state index is 12.6. The van der Waals surface area contributed by atoms with Crippen molar-refractivity contribution in [2.45, 2.75) is 51.1 Å². The number of aromatic amines is 1. The van der Waals surface area contributed by atoms with Crippen LogP contribution in [-0.2, 0) is 23.2 Å². The molecule has 4 aromatic rings. The predicted molar refractivity (Wildman–Crippen MR) is 189 cm³/mol. The number of nitrogens with zero attached hydrogens (tertiary/aromatic N) is 4. The molecule has 12 nitrogen and oxygen atoms in total. The lowest BCUT2D eigenvalue weighted by atomic mass is 9.78. The Morgan fingerprint density at radius 2 is 1.55 bits per heavy atom. The molecule has 7 rings (SSSR count). The van der Waals surface area contributed by atoms with Gasteiger partial charge in [0.2, 0.25) is 11.8 Å². The number of aryl methyl sites for hydroxylation is 1. The van der Waals surface area contributed by atoms with Gasteiger partial charge in [-0.3, -0.25) is 29.7 Å². The molecule has 0 aliphatic carbocycles. The summed E-state index contributed by atoms with van der Waals surface area (Å²) < 4.78 is 13.4. The number of aromatic nitrogens is 3. The molecule has 2 aromatic heterocycles. The zero-order valence-corrected chi connectivity index (χ0v) is 28.5. The van der Waals surface area contributed by atoms with E-state index in [0.717, 1.165) is 83.8 Å². The number of nitrogens with one attached hydrogen (secondary N) is 3. The maximum Gasteiger partial charge on any atom is 0.276 e. The Morgan fingerprint density at radius 1 is 0.898 bits per heavy atom. The van der Waals surface area contributed by atoms with Gasteiger partial charge in [-0.15, -0.1) is 0 Å². The molecule has 3 fully saturated rings. The van der Waals surface area contributed by atoms with Gasteiger partial charge in [0.15, 0.2) is 0 Å². The average molecular weight is 668 g/mol. The molecule has 0 bridgehead atoms. The first-order valence-electron chi connectivity index (χ1n) is 17.3. The van der Waals surface area contributed by atoms with Crippen LogP contribution in [0.5, 0.6) is 11.5 Å². The van der Waals surface area contributed by atoms with Crippen molar-refractivity contribution < 1.29 is 19.1 Å². The van der Waals surface area contributed by atoms with Crippen molar-refractivity contribution >= 4 is 34.1 Å². The monoisotopic (exact) mass is 667 g/mol. The molecule has 1 atom stereocenters. The van der Waals surface area contributed by atoms with Crippen molar-refractivity contribution in [2.24, 2.45) is 18.9 Å². The van der Waals surface area contributed by atoms with Crippen LogP contribution < -0.4 is 30.6 Å². The van der Waals surface area contributed by atoms with Crippen molar-refractivity contribution in [2.75, 3.05) is 50.6 Å². The summed E-state index contributed by atoms with van der Waals surface area (Å²) in [5, 5.41) is 13.4. The van der Waals surface area contributed by atoms with Gasteiger partial charge in [-0.2, -0.15) is 5.10 Å². The normalized spacial score (nSPS) is 19.7. The third-order valence-electron chi connectivity index (χ3n) is 10.7. The van der Waals surface area contributed by atoms with Crippen LogP contribution in [0.4, 0.5) is 11.4 Å². The fourth-order valence-electron chi connectivity index (χ4n) is 7.91. The van der Waals surface area contributed by atoms with E-state index in [9.17, 15) is 14.4 Å². The molecule has 3 N–H and O–H groups in total. The summed E-state index contributed by atoms with van der Waals surface area (Å²) in [6.07, 6.45) is 9.17. The van der Waals surface area contributed by atoms with Crippen molar-refractivity contribution in [1.29, 1.82) is 0 Å². The van der Waals surface area contributed by atoms with E-state index in [2.05, 4.69) is 42.8 Å². The number of H-pyrrole nitrogens is 1. The van der Waals surface area contributed by atoms with Gasteiger partial charge in [0.25, 0.3) is 5.56 Å². The molecular weight excluding hydrogens is 622 g/mol. The molecule has 258 valence electrons. The highest BCUT2D eigenvalue weighted by Gasteiger charge is 2.31. The zero-order valence-electron chi connectivity index (χ0n) is 28.5.